The maximum atomic E-state index is 14.3. The van der Waals surface area contributed by atoms with E-state index in [0.717, 1.165) is 4.90 Å². The van der Waals surface area contributed by atoms with E-state index in [0.29, 0.717) is 22.4 Å². The van der Waals surface area contributed by atoms with Gasteiger partial charge in [0, 0.05) is 24.1 Å². The summed E-state index contributed by atoms with van der Waals surface area (Å²) in [7, 11) is 2.86. The van der Waals surface area contributed by atoms with Gasteiger partial charge in [-0.25, -0.2) is 4.79 Å². The van der Waals surface area contributed by atoms with E-state index >= 15 is 0 Å². The molecule has 3 amide bonds. The first-order valence-corrected chi connectivity index (χ1v) is 12.6. The van der Waals surface area contributed by atoms with Crippen molar-refractivity contribution in [3.8, 4) is 11.5 Å². The van der Waals surface area contributed by atoms with Gasteiger partial charge >= 0.3 is 11.7 Å². The fourth-order valence-electron chi connectivity index (χ4n) is 5.83. The summed E-state index contributed by atoms with van der Waals surface area (Å²) in [5, 5.41) is 11.9. The molecule has 204 valence electrons. The van der Waals surface area contributed by atoms with Gasteiger partial charge in [0.1, 0.15) is 11.8 Å². The number of hydrogen-bond acceptors (Lipinski definition) is 7. The van der Waals surface area contributed by atoms with Crippen LogP contribution in [-0.4, -0.2) is 59.3 Å². The quantitative estimate of drug-likeness (QED) is 0.126. The largest absolute Gasteiger partial charge is 0.497 e. The van der Waals surface area contributed by atoms with Crippen LogP contribution in [-0.2, 0) is 4.79 Å². The van der Waals surface area contributed by atoms with E-state index in [2.05, 4.69) is 6.58 Å². The van der Waals surface area contributed by atoms with Crippen LogP contribution in [0.15, 0.2) is 85.5 Å². The summed E-state index contributed by atoms with van der Waals surface area (Å²) in [6, 6.07) is 17.4. The van der Waals surface area contributed by atoms with Crippen molar-refractivity contribution >= 4 is 23.4 Å². The molecule has 0 radical (unpaired) electrons. The standard InChI is InChI=1S/C30H27N3O7/c1-4-16-31-29(35)27-24(18-10-13-21(39-2)14-11-18)25(28(34)19-8-6-5-7-9-19)26(32(27)30(31)36)20-12-15-23(40-3)22(17-20)33(37)38/h4-15,17,24-27H,1,16H2,2-3H3. The summed E-state index contributed by atoms with van der Waals surface area (Å²) < 4.78 is 10.5. The van der Waals surface area contributed by atoms with Crippen molar-refractivity contribution in [1.82, 2.24) is 9.80 Å². The number of carbonyl (C=O) groups excluding carboxylic acids is 3. The molecule has 0 N–H and O–H groups in total. The minimum atomic E-state index is -1.01. The van der Waals surface area contributed by atoms with E-state index in [4.69, 9.17) is 9.47 Å². The molecule has 0 spiro atoms. The highest BCUT2D eigenvalue weighted by atomic mass is 16.6. The molecular weight excluding hydrogens is 514 g/mol. The van der Waals surface area contributed by atoms with E-state index in [1.807, 2.05) is 0 Å². The second kappa shape index (κ2) is 10.6. The number of nitrogens with zero attached hydrogens (tertiary/aromatic N) is 3. The molecule has 0 aliphatic carbocycles. The minimum absolute atomic E-state index is 0.00716. The Morgan fingerprint density at radius 1 is 0.975 bits per heavy atom. The fourth-order valence-corrected chi connectivity index (χ4v) is 5.83. The number of benzene rings is 3. The summed E-state index contributed by atoms with van der Waals surface area (Å²) in [5.74, 6) is -1.77. The van der Waals surface area contributed by atoms with E-state index in [-0.39, 0.29) is 23.8 Å². The molecular formula is C30H27N3O7. The number of ether oxygens (including phenoxy) is 2. The number of urea groups is 1. The fraction of sp³-hybridized carbons (Fsp3) is 0.233. The molecule has 0 aromatic heterocycles. The van der Waals surface area contributed by atoms with Crippen LogP contribution in [0, 0.1) is 16.0 Å². The highest BCUT2D eigenvalue weighted by Gasteiger charge is 2.63. The lowest BCUT2D eigenvalue weighted by Gasteiger charge is -2.28. The second-order valence-corrected chi connectivity index (χ2v) is 9.56. The molecule has 10 heteroatoms. The third-order valence-corrected chi connectivity index (χ3v) is 7.55. The lowest BCUT2D eigenvalue weighted by Crippen LogP contribution is -2.38. The summed E-state index contributed by atoms with van der Waals surface area (Å²) in [4.78, 5) is 55.7. The average Bonchev–Trinajstić information content (AvgIpc) is 3.45. The van der Waals surface area contributed by atoms with Gasteiger partial charge in [0.25, 0.3) is 5.91 Å². The zero-order valence-corrected chi connectivity index (χ0v) is 21.9. The highest BCUT2D eigenvalue weighted by molar-refractivity contribution is 6.08. The Bertz CT molecular complexity index is 1490. The highest BCUT2D eigenvalue weighted by Crippen LogP contribution is 2.54. The number of imide groups is 1. The first-order valence-electron chi connectivity index (χ1n) is 12.6. The molecule has 4 unspecified atom stereocenters. The maximum absolute atomic E-state index is 14.3. The Hall–Kier alpha value is -4.99. The summed E-state index contributed by atoms with van der Waals surface area (Å²) in [6.07, 6.45) is 1.46. The first kappa shape index (κ1) is 26.6. The number of fused-ring (bicyclic) bond motifs is 1. The average molecular weight is 542 g/mol. The maximum Gasteiger partial charge on any atom is 0.328 e. The number of hydrogen-bond donors (Lipinski definition) is 0. The number of ketones is 1. The third kappa shape index (κ3) is 4.27. The number of Topliss-reactive ketones (excluding diaryl/α,β-unsaturated/α-hetero) is 1. The molecule has 0 bridgehead atoms. The van der Waals surface area contributed by atoms with Crippen LogP contribution in [0.3, 0.4) is 0 Å². The Labute approximate surface area is 230 Å². The lowest BCUT2D eigenvalue weighted by molar-refractivity contribution is -0.385. The minimum Gasteiger partial charge on any atom is -0.497 e. The van der Waals surface area contributed by atoms with Gasteiger partial charge in [0.2, 0.25) is 0 Å². The topological polar surface area (TPSA) is 119 Å². The van der Waals surface area contributed by atoms with E-state index in [1.54, 1.807) is 60.7 Å². The first-order chi connectivity index (χ1) is 19.3. The number of amides is 3. The van der Waals surface area contributed by atoms with Gasteiger partial charge in [-0.15, -0.1) is 6.58 Å². The molecule has 2 aliphatic heterocycles. The Balaban J connectivity index is 1.76. The molecule has 0 saturated carbocycles. The van der Waals surface area contributed by atoms with Gasteiger partial charge in [-0.3, -0.25) is 24.6 Å². The summed E-state index contributed by atoms with van der Waals surface area (Å²) in [6.45, 7) is 3.66. The van der Waals surface area contributed by atoms with Crippen molar-refractivity contribution in [2.75, 3.05) is 20.8 Å². The molecule has 4 atom stereocenters. The number of carbonyl (C=O) groups is 3. The zero-order chi connectivity index (χ0) is 28.6. The second-order valence-electron chi connectivity index (χ2n) is 9.56. The number of methoxy groups -OCH3 is 2. The van der Waals surface area contributed by atoms with Gasteiger partial charge in [-0.1, -0.05) is 54.6 Å². The molecule has 2 saturated heterocycles. The van der Waals surface area contributed by atoms with E-state index < -0.39 is 40.8 Å². The van der Waals surface area contributed by atoms with Crippen molar-refractivity contribution in [3.05, 3.63) is 112 Å². The molecule has 5 rings (SSSR count). The van der Waals surface area contributed by atoms with Crippen molar-refractivity contribution < 1.29 is 28.8 Å². The summed E-state index contributed by atoms with van der Waals surface area (Å²) in [5.41, 5.74) is 1.11. The normalized spacial score (nSPS) is 21.8. The third-order valence-electron chi connectivity index (χ3n) is 7.55. The molecule has 2 aliphatic rings. The van der Waals surface area contributed by atoms with Crippen LogP contribution in [0.5, 0.6) is 11.5 Å². The van der Waals surface area contributed by atoms with Crippen LogP contribution in [0.25, 0.3) is 0 Å². The van der Waals surface area contributed by atoms with Crippen LogP contribution in [0.4, 0.5) is 10.5 Å². The Kier molecular flexibility index (Phi) is 7.08. The van der Waals surface area contributed by atoms with Crippen LogP contribution in [0.1, 0.15) is 33.4 Å². The number of rotatable bonds is 9. The number of nitro benzene ring substituents is 1. The van der Waals surface area contributed by atoms with Crippen molar-refractivity contribution in [3.63, 3.8) is 0 Å². The lowest BCUT2D eigenvalue weighted by atomic mass is 9.75. The van der Waals surface area contributed by atoms with Crippen molar-refractivity contribution in [1.29, 1.82) is 0 Å². The van der Waals surface area contributed by atoms with E-state index in [1.165, 1.54) is 37.3 Å². The predicted molar refractivity (Wildman–Crippen MR) is 145 cm³/mol. The SMILES string of the molecule is C=CCN1C(=O)C2C(c3ccc(OC)cc3)C(C(=O)c3ccccc3)C(c3ccc(OC)c([N+](=O)[O-])c3)N2C1=O. The van der Waals surface area contributed by atoms with E-state index in [9.17, 15) is 24.5 Å². The van der Waals surface area contributed by atoms with Gasteiger partial charge < -0.3 is 14.4 Å². The smallest absolute Gasteiger partial charge is 0.328 e. The molecule has 2 fully saturated rings. The van der Waals surface area contributed by atoms with Gasteiger partial charge in [-0.05, 0) is 29.3 Å². The zero-order valence-electron chi connectivity index (χ0n) is 21.9. The summed E-state index contributed by atoms with van der Waals surface area (Å²) >= 11 is 0. The Morgan fingerprint density at radius 3 is 2.25 bits per heavy atom. The van der Waals surface area contributed by atoms with Crippen LogP contribution >= 0.6 is 0 Å². The number of nitro groups is 1. The molecule has 2 heterocycles. The molecule has 3 aromatic carbocycles. The van der Waals surface area contributed by atoms with Crippen LogP contribution in [0.2, 0.25) is 0 Å². The predicted octanol–water partition coefficient (Wildman–Crippen LogP) is 4.77. The van der Waals surface area contributed by atoms with Crippen LogP contribution < -0.4 is 9.47 Å². The van der Waals surface area contributed by atoms with Gasteiger partial charge in [0.15, 0.2) is 11.5 Å². The van der Waals surface area contributed by atoms with Gasteiger partial charge in [-0.2, -0.15) is 0 Å². The monoisotopic (exact) mass is 541 g/mol. The van der Waals surface area contributed by atoms with Gasteiger partial charge in [0.05, 0.1) is 31.1 Å². The van der Waals surface area contributed by atoms with Crippen molar-refractivity contribution in [2.24, 2.45) is 5.92 Å². The molecule has 3 aromatic rings. The van der Waals surface area contributed by atoms with Crippen molar-refractivity contribution in [2.45, 2.75) is 18.0 Å². The Morgan fingerprint density at radius 2 is 1.65 bits per heavy atom. The molecule has 40 heavy (non-hydrogen) atoms. The molecule has 10 nitrogen and oxygen atoms in total.